The van der Waals surface area contributed by atoms with Gasteiger partial charge < -0.3 is 10.6 Å². The third-order valence-electron chi connectivity index (χ3n) is 2.69. The number of hydrogen-bond acceptors (Lipinski definition) is 3. The second-order valence-corrected chi connectivity index (χ2v) is 5.19. The van der Waals surface area contributed by atoms with Gasteiger partial charge in [-0.3, -0.25) is 10.1 Å². The van der Waals surface area contributed by atoms with Crippen LogP contribution in [0.5, 0.6) is 0 Å². The number of halogens is 1. The fourth-order valence-electron chi connectivity index (χ4n) is 1.73. The van der Waals surface area contributed by atoms with Gasteiger partial charge in [-0.05, 0) is 42.9 Å². The maximum absolute atomic E-state index is 10.6. The molecule has 0 saturated carbocycles. The van der Waals surface area contributed by atoms with Crippen molar-refractivity contribution >= 4 is 46.0 Å². The SMILES string of the molecule is Cc1cccc(NC(=S)Nc2ccc([N+](=O)[O-])cc2Cl)c1. The van der Waals surface area contributed by atoms with Crippen LogP contribution < -0.4 is 10.6 Å². The normalized spacial score (nSPS) is 10.0. The molecule has 0 unspecified atom stereocenters. The van der Waals surface area contributed by atoms with E-state index in [1.807, 2.05) is 31.2 Å². The van der Waals surface area contributed by atoms with Crippen molar-refractivity contribution in [2.45, 2.75) is 6.92 Å². The molecule has 0 aliphatic rings. The molecule has 0 saturated heterocycles. The first-order valence-corrected chi connectivity index (χ1v) is 6.83. The van der Waals surface area contributed by atoms with Gasteiger partial charge in [0.2, 0.25) is 0 Å². The van der Waals surface area contributed by atoms with Gasteiger partial charge in [0.15, 0.2) is 5.11 Å². The summed E-state index contributed by atoms with van der Waals surface area (Å²) in [5, 5.41) is 17.2. The number of rotatable bonds is 3. The lowest BCUT2D eigenvalue weighted by molar-refractivity contribution is -0.384. The standard InChI is InChI=1S/C14H12ClN3O2S/c1-9-3-2-4-10(7-9)16-14(21)17-13-6-5-11(18(19)20)8-12(13)15/h2-8H,1H3,(H2,16,17,21). The maximum Gasteiger partial charge on any atom is 0.271 e. The first-order chi connectivity index (χ1) is 9.95. The van der Waals surface area contributed by atoms with Gasteiger partial charge in [-0.25, -0.2) is 0 Å². The Hall–Kier alpha value is -2.18. The first kappa shape index (κ1) is 15.2. The van der Waals surface area contributed by atoms with Crippen molar-refractivity contribution in [1.82, 2.24) is 0 Å². The van der Waals surface area contributed by atoms with E-state index in [-0.39, 0.29) is 10.7 Å². The third-order valence-corrected chi connectivity index (χ3v) is 3.20. The van der Waals surface area contributed by atoms with Crippen molar-refractivity contribution in [3.8, 4) is 0 Å². The Kier molecular flexibility index (Phi) is 4.72. The molecule has 2 aromatic rings. The van der Waals surface area contributed by atoms with E-state index < -0.39 is 4.92 Å². The van der Waals surface area contributed by atoms with E-state index in [1.165, 1.54) is 18.2 Å². The van der Waals surface area contributed by atoms with Gasteiger partial charge in [0.05, 0.1) is 15.6 Å². The lowest BCUT2D eigenvalue weighted by Crippen LogP contribution is -2.19. The summed E-state index contributed by atoms with van der Waals surface area (Å²) >= 11 is 11.2. The zero-order chi connectivity index (χ0) is 15.4. The van der Waals surface area contributed by atoms with Crippen molar-refractivity contribution in [2.75, 3.05) is 10.6 Å². The van der Waals surface area contributed by atoms with Crippen molar-refractivity contribution in [3.63, 3.8) is 0 Å². The molecule has 0 atom stereocenters. The van der Waals surface area contributed by atoms with Crippen molar-refractivity contribution in [1.29, 1.82) is 0 Å². The highest BCUT2D eigenvalue weighted by atomic mass is 35.5. The molecule has 0 amide bonds. The molecule has 2 aromatic carbocycles. The molecule has 0 heterocycles. The van der Waals surface area contributed by atoms with Crippen molar-refractivity contribution in [3.05, 3.63) is 63.2 Å². The molecule has 7 heteroatoms. The summed E-state index contributed by atoms with van der Waals surface area (Å²) in [6, 6.07) is 11.9. The minimum Gasteiger partial charge on any atom is -0.332 e. The molecular weight excluding hydrogens is 310 g/mol. The van der Waals surface area contributed by atoms with E-state index >= 15 is 0 Å². The lowest BCUT2D eigenvalue weighted by atomic mass is 10.2. The predicted octanol–water partition coefficient (Wildman–Crippen LogP) is 4.37. The Bertz CT molecular complexity index is 706. The van der Waals surface area contributed by atoms with Crippen LogP contribution >= 0.6 is 23.8 Å². The molecule has 0 aliphatic heterocycles. The molecule has 2 rings (SSSR count). The number of nitro groups is 1. The van der Waals surface area contributed by atoms with E-state index in [2.05, 4.69) is 10.6 Å². The summed E-state index contributed by atoms with van der Waals surface area (Å²) in [5.41, 5.74) is 2.40. The summed E-state index contributed by atoms with van der Waals surface area (Å²) < 4.78 is 0. The molecule has 21 heavy (non-hydrogen) atoms. The molecule has 5 nitrogen and oxygen atoms in total. The van der Waals surface area contributed by atoms with Crippen LogP contribution in [-0.2, 0) is 0 Å². The van der Waals surface area contributed by atoms with Crippen LogP contribution in [0.2, 0.25) is 5.02 Å². The van der Waals surface area contributed by atoms with Crippen LogP contribution in [0.4, 0.5) is 17.1 Å². The van der Waals surface area contributed by atoms with Crippen LogP contribution in [0.1, 0.15) is 5.56 Å². The fraction of sp³-hybridized carbons (Fsp3) is 0.0714. The quantitative estimate of drug-likeness (QED) is 0.499. The first-order valence-electron chi connectivity index (χ1n) is 6.04. The fourth-order valence-corrected chi connectivity index (χ4v) is 2.18. The largest absolute Gasteiger partial charge is 0.332 e. The number of benzene rings is 2. The Labute approximate surface area is 132 Å². The van der Waals surface area contributed by atoms with Crippen LogP contribution in [0.15, 0.2) is 42.5 Å². The number of aryl methyl sites for hydroxylation is 1. The van der Waals surface area contributed by atoms with E-state index in [0.29, 0.717) is 10.8 Å². The number of nitrogens with one attached hydrogen (secondary N) is 2. The number of nitrogens with zero attached hydrogens (tertiary/aromatic N) is 1. The number of thiocarbonyl (C=S) groups is 1. The maximum atomic E-state index is 10.6. The van der Waals surface area contributed by atoms with Gasteiger partial charge >= 0.3 is 0 Å². The second-order valence-electron chi connectivity index (χ2n) is 4.37. The average Bonchev–Trinajstić information content (AvgIpc) is 2.40. The van der Waals surface area contributed by atoms with Gasteiger partial charge in [-0.2, -0.15) is 0 Å². The van der Waals surface area contributed by atoms with Gasteiger partial charge in [0, 0.05) is 17.8 Å². The Balaban J connectivity index is 2.08. The summed E-state index contributed by atoms with van der Waals surface area (Å²) in [7, 11) is 0. The summed E-state index contributed by atoms with van der Waals surface area (Å²) in [6.45, 7) is 1.98. The highest BCUT2D eigenvalue weighted by molar-refractivity contribution is 7.80. The molecule has 0 radical (unpaired) electrons. The molecular formula is C14H12ClN3O2S. The van der Waals surface area contributed by atoms with Gasteiger partial charge in [0.1, 0.15) is 0 Å². The lowest BCUT2D eigenvalue weighted by Gasteiger charge is -2.12. The average molecular weight is 322 g/mol. The number of nitro benzene ring substituents is 1. The number of non-ortho nitro benzene ring substituents is 1. The summed E-state index contributed by atoms with van der Waals surface area (Å²) in [4.78, 5) is 10.1. The molecule has 2 N–H and O–H groups in total. The topological polar surface area (TPSA) is 67.2 Å². The van der Waals surface area contributed by atoms with Gasteiger partial charge in [0.25, 0.3) is 5.69 Å². The van der Waals surface area contributed by atoms with E-state index in [9.17, 15) is 10.1 Å². The van der Waals surface area contributed by atoms with E-state index in [4.69, 9.17) is 23.8 Å². The Morgan fingerprint density at radius 3 is 2.62 bits per heavy atom. The predicted molar refractivity (Wildman–Crippen MR) is 89.1 cm³/mol. The monoisotopic (exact) mass is 321 g/mol. The Morgan fingerprint density at radius 2 is 2.00 bits per heavy atom. The van der Waals surface area contributed by atoms with Crippen molar-refractivity contribution < 1.29 is 4.92 Å². The molecule has 0 aromatic heterocycles. The minimum absolute atomic E-state index is 0.0666. The van der Waals surface area contributed by atoms with Crippen LogP contribution in [0, 0.1) is 17.0 Å². The highest BCUT2D eigenvalue weighted by Crippen LogP contribution is 2.26. The smallest absolute Gasteiger partial charge is 0.271 e. The van der Waals surface area contributed by atoms with E-state index in [1.54, 1.807) is 0 Å². The molecule has 0 fully saturated rings. The summed E-state index contributed by atoms with van der Waals surface area (Å²) in [5.74, 6) is 0. The second kappa shape index (κ2) is 6.51. The molecule has 0 spiro atoms. The zero-order valence-corrected chi connectivity index (χ0v) is 12.7. The number of anilines is 2. The minimum atomic E-state index is -0.501. The van der Waals surface area contributed by atoms with Gasteiger partial charge in [-0.1, -0.05) is 23.7 Å². The van der Waals surface area contributed by atoms with E-state index in [0.717, 1.165) is 11.3 Å². The van der Waals surface area contributed by atoms with Gasteiger partial charge in [-0.15, -0.1) is 0 Å². The molecule has 108 valence electrons. The van der Waals surface area contributed by atoms with Crippen molar-refractivity contribution in [2.24, 2.45) is 0 Å². The van der Waals surface area contributed by atoms with Crippen LogP contribution in [0.3, 0.4) is 0 Å². The zero-order valence-electron chi connectivity index (χ0n) is 11.1. The Morgan fingerprint density at radius 1 is 1.24 bits per heavy atom. The van der Waals surface area contributed by atoms with Crippen LogP contribution in [0.25, 0.3) is 0 Å². The number of hydrogen-bond donors (Lipinski definition) is 2. The van der Waals surface area contributed by atoms with Crippen LogP contribution in [-0.4, -0.2) is 10.0 Å². The summed E-state index contributed by atoms with van der Waals surface area (Å²) in [6.07, 6.45) is 0. The third kappa shape index (κ3) is 4.14. The molecule has 0 bridgehead atoms. The highest BCUT2D eigenvalue weighted by Gasteiger charge is 2.10. The molecule has 0 aliphatic carbocycles.